The highest BCUT2D eigenvalue weighted by atomic mass is 79.9. The number of H-pyrrole nitrogens is 1. The zero-order valence-corrected chi connectivity index (χ0v) is 12.8. The van der Waals surface area contributed by atoms with Gasteiger partial charge in [0.15, 0.2) is 5.82 Å². The van der Waals surface area contributed by atoms with E-state index in [-0.39, 0.29) is 5.91 Å². The molecule has 2 aromatic rings. The maximum Gasteiger partial charge on any atom is 0.225 e. The number of hydrogen-bond acceptors (Lipinski definition) is 4. The molecular weight excluding hydrogens is 330 g/mol. The zero-order valence-electron chi connectivity index (χ0n) is 10.4. The number of hydrogen-bond donors (Lipinski definition) is 2. The molecule has 0 bridgehead atoms. The summed E-state index contributed by atoms with van der Waals surface area (Å²) < 4.78 is 5.96. The summed E-state index contributed by atoms with van der Waals surface area (Å²) >= 11 is 5.02. The molecule has 0 aromatic carbocycles. The number of thiophene rings is 1. The maximum atomic E-state index is 11.6. The number of carbonyl (C=O) groups is 1. The molecular formula is C12H14BrN3O2S. The molecule has 0 aliphatic carbocycles. The minimum atomic E-state index is -0.0533. The van der Waals surface area contributed by atoms with Crippen LogP contribution in [0.5, 0.6) is 0 Å². The fourth-order valence-corrected chi connectivity index (χ4v) is 2.91. The highest BCUT2D eigenvalue weighted by Crippen LogP contribution is 2.30. The second-order valence-electron chi connectivity index (χ2n) is 3.92. The molecule has 0 aliphatic heterocycles. The number of rotatable bonds is 6. The van der Waals surface area contributed by atoms with Crippen molar-refractivity contribution in [3.8, 4) is 10.6 Å². The van der Waals surface area contributed by atoms with Gasteiger partial charge in [-0.25, -0.2) is 0 Å². The van der Waals surface area contributed by atoms with Crippen molar-refractivity contribution in [3.05, 3.63) is 22.0 Å². The Morgan fingerprint density at radius 1 is 1.58 bits per heavy atom. The van der Waals surface area contributed by atoms with Gasteiger partial charge in [-0.2, -0.15) is 5.10 Å². The van der Waals surface area contributed by atoms with Crippen LogP contribution < -0.4 is 5.32 Å². The van der Waals surface area contributed by atoms with Gasteiger partial charge >= 0.3 is 0 Å². The first-order valence-electron chi connectivity index (χ1n) is 5.79. The lowest BCUT2D eigenvalue weighted by Crippen LogP contribution is -2.12. The van der Waals surface area contributed by atoms with Crippen LogP contribution in [0.2, 0.25) is 0 Å². The molecule has 0 radical (unpaired) electrons. The van der Waals surface area contributed by atoms with Crippen molar-refractivity contribution in [2.24, 2.45) is 0 Å². The Balaban J connectivity index is 1.92. The first-order chi connectivity index (χ1) is 9.19. The number of amides is 1. The standard InChI is InChI=1S/C12H14BrN3O2S/c1-18-6-2-3-12(17)14-11-7-8(15-16-11)9-4-5-10(13)19-9/h4-5,7H,2-3,6H2,1H3,(H2,14,15,16,17). The highest BCUT2D eigenvalue weighted by molar-refractivity contribution is 9.11. The number of ether oxygens (including phenoxy) is 1. The molecule has 0 aliphatic rings. The van der Waals surface area contributed by atoms with Crippen molar-refractivity contribution < 1.29 is 9.53 Å². The highest BCUT2D eigenvalue weighted by Gasteiger charge is 2.08. The quantitative estimate of drug-likeness (QED) is 0.791. The molecule has 2 aromatic heterocycles. The van der Waals surface area contributed by atoms with E-state index >= 15 is 0 Å². The van der Waals surface area contributed by atoms with Crippen LogP contribution in [0.3, 0.4) is 0 Å². The molecule has 0 saturated carbocycles. The molecule has 0 unspecified atom stereocenters. The molecule has 7 heteroatoms. The normalized spacial score (nSPS) is 10.6. The van der Waals surface area contributed by atoms with E-state index < -0.39 is 0 Å². The summed E-state index contributed by atoms with van der Waals surface area (Å²) in [6.07, 6.45) is 1.14. The van der Waals surface area contributed by atoms with Gasteiger partial charge in [0.2, 0.25) is 5.91 Å². The Bertz CT molecular complexity index is 553. The van der Waals surface area contributed by atoms with Crippen molar-refractivity contribution in [3.63, 3.8) is 0 Å². The Morgan fingerprint density at radius 3 is 3.11 bits per heavy atom. The topological polar surface area (TPSA) is 67.0 Å². The van der Waals surface area contributed by atoms with Gasteiger partial charge in [0.25, 0.3) is 0 Å². The van der Waals surface area contributed by atoms with Crippen LogP contribution in [0.1, 0.15) is 12.8 Å². The van der Waals surface area contributed by atoms with Crippen LogP contribution in [0.15, 0.2) is 22.0 Å². The minimum Gasteiger partial charge on any atom is -0.385 e. The van der Waals surface area contributed by atoms with Crippen molar-refractivity contribution >= 4 is 39.0 Å². The summed E-state index contributed by atoms with van der Waals surface area (Å²) in [6, 6.07) is 5.79. The van der Waals surface area contributed by atoms with Gasteiger partial charge in [-0.1, -0.05) is 0 Å². The van der Waals surface area contributed by atoms with Crippen molar-refractivity contribution in [2.45, 2.75) is 12.8 Å². The molecule has 1 amide bonds. The van der Waals surface area contributed by atoms with E-state index in [9.17, 15) is 4.79 Å². The fraction of sp³-hybridized carbons (Fsp3) is 0.333. The van der Waals surface area contributed by atoms with E-state index in [0.29, 0.717) is 25.3 Å². The SMILES string of the molecule is COCCCC(=O)Nc1cc(-c2ccc(Br)s2)[nH]n1. The zero-order chi connectivity index (χ0) is 13.7. The van der Waals surface area contributed by atoms with Crippen LogP contribution in [0.4, 0.5) is 5.82 Å². The van der Waals surface area contributed by atoms with Crippen molar-refractivity contribution in [1.29, 1.82) is 0 Å². The van der Waals surface area contributed by atoms with E-state index in [1.807, 2.05) is 18.2 Å². The Kier molecular flexibility index (Phi) is 5.12. The van der Waals surface area contributed by atoms with Gasteiger partial charge in [0.05, 0.1) is 14.4 Å². The molecule has 0 spiro atoms. The monoisotopic (exact) mass is 343 g/mol. The van der Waals surface area contributed by atoms with E-state index in [4.69, 9.17) is 4.74 Å². The summed E-state index contributed by atoms with van der Waals surface area (Å²) in [5.41, 5.74) is 0.892. The Hall–Kier alpha value is -1.18. The number of aromatic amines is 1. The molecule has 19 heavy (non-hydrogen) atoms. The van der Waals surface area contributed by atoms with E-state index in [1.165, 1.54) is 0 Å². The molecule has 5 nitrogen and oxygen atoms in total. The first-order valence-corrected chi connectivity index (χ1v) is 7.40. The van der Waals surface area contributed by atoms with Crippen LogP contribution in [0, 0.1) is 0 Å². The predicted octanol–water partition coefficient (Wildman–Crippen LogP) is 3.27. The van der Waals surface area contributed by atoms with Gasteiger partial charge in [-0.05, 0) is 34.5 Å². The molecule has 0 fully saturated rings. The number of carbonyl (C=O) groups excluding carboxylic acids is 1. The summed E-state index contributed by atoms with van der Waals surface area (Å²) in [6.45, 7) is 0.586. The lowest BCUT2D eigenvalue weighted by molar-refractivity contribution is -0.116. The number of nitrogens with one attached hydrogen (secondary N) is 2. The minimum absolute atomic E-state index is 0.0533. The van der Waals surface area contributed by atoms with Gasteiger partial charge in [0, 0.05) is 26.2 Å². The van der Waals surface area contributed by atoms with E-state index in [2.05, 4.69) is 31.4 Å². The molecule has 0 saturated heterocycles. The van der Waals surface area contributed by atoms with Gasteiger partial charge in [-0.15, -0.1) is 11.3 Å². The van der Waals surface area contributed by atoms with E-state index in [1.54, 1.807) is 18.4 Å². The summed E-state index contributed by atoms with van der Waals surface area (Å²) in [7, 11) is 1.62. The van der Waals surface area contributed by atoms with E-state index in [0.717, 1.165) is 14.4 Å². The second kappa shape index (κ2) is 6.83. The molecule has 2 rings (SSSR count). The molecule has 102 valence electrons. The summed E-state index contributed by atoms with van der Waals surface area (Å²) in [5, 5.41) is 9.74. The van der Waals surface area contributed by atoms with Crippen LogP contribution in [-0.2, 0) is 9.53 Å². The van der Waals surface area contributed by atoms with Crippen molar-refractivity contribution in [2.75, 3.05) is 19.0 Å². The maximum absolute atomic E-state index is 11.6. The summed E-state index contributed by atoms with van der Waals surface area (Å²) in [4.78, 5) is 12.7. The van der Waals surface area contributed by atoms with Crippen LogP contribution in [0.25, 0.3) is 10.6 Å². The van der Waals surface area contributed by atoms with Gasteiger partial charge in [0.1, 0.15) is 0 Å². The first kappa shape index (κ1) is 14.2. The third kappa shape index (κ3) is 4.15. The number of nitrogens with zero attached hydrogens (tertiary/aromatic N) is 1. The third-order valence-corrected chi connectivity index (χ3v) is 4.09. The Morgan fingerprint density at radius 2 is 2.42 bits per heavy atom. The Labute approximate surface area is 123 Å². The van der Waals surface area contributed by atoms with Crippen LogP contribution in [-0.4, -0.2) is 29.8 Å². The van der Waals surface area contributed by atoms with Gasteiger partial charge < -0.3 is 10.1 Å². The number of anilines is 1. The van der Waals surface area contributed by atoms with Gasteiger partial charge in [-0.3, -0.25) is 9.89 Å². The average Bonchev–Trinajstić information content (AvgIpc) is 2.98. The summed E-state index contributed by atoms with van der Waals surface area (Å²) in [5.74, 6) is 0.490. The lowest BCUT2D eigenvalue weighted by Gasteiger charge is -2.00. The smallest absolute Gasteiger partial charge is 0.225 e. The third-order valence-electron chi connectivity index (χ3n) is 2.44. The molecule has 2 N–H and O–H groups in total. The van der Waals surface area contributed by atoms with Crippen molar-refractivity contribution in [1.82, 2.24) is 10.2 Å². The molecule has 0 atom stereocenters. The largest absolute Gasteiger partial charge is 0.385 e. The van der Waals surface area contributed by atoms with Crippen LogP contribution >= 0.6 is 27.3 Å². The number of methoxy groups -OCH3 is 1. The molecule has 2 heterocycles. The predicted molar refractivity (Wildman–Crippen MR) is 79.3 cm³/mol. The lowest BCUT2D eigenvalue weighted by atomic mass is 10.3. The second-order valence-corrected chi connectivity index (χ2v) is 6.38. The fourth-order valence-electron chi connectivity index (χ4n) is 1.55. The average molecular weight is 344 g/mol. The number of halogens is 1. The number of aromatic nitrogens is 2.